The van der Waals surface area contributed by atoms with Crippen LogP contribution in [-0.2, 0) is 4.79 Å². The zero-order valence-corrected chi connectivity index (χ0v) is 14.4. The second kappa shape index (κ2) is 7.01. The lowest BCUT2D eigenvalue weighted by Gasteiger charge is -2.12. The van der Waals surface area contributed by atoms with E-state index >= 15 is 0 Å². The van der Waals surface area contributed by atoms with E-state index in [1.54, 1.807) is 18.2 Å². The fourth-order valence-corrected chi connectivity index (χ4v) is 3.03. The molecule has 126 valence electrons. The van der Waals surface area contributed by atoms with Gasteiger partial charge < -0.3 is 20.1 Å². The molecule has 1 heterocycles. The summed E-state index contributed by atoms with van der Waals surface area (Å²) in [7, 11) is 0. The average molecular weight is 347 g/mol. The van der Waals surface area contributed by atoms with Crippen LogP contribution in [0, 0.1) is 13.8 Å². The van der Waals surface area contributed by atoms with Crippen LogP contribution in [0.3, 0.4) is 0 Å². The number of hydrogen-bond donors (Lipinski definition) is 2. The lowest BCUT2D eigenvalue weighted by molar-refractivity contribution is -0.115. The van der Waals surface area contributed by atoms with E-state index in [-0.39, 0.29) is 12.7 Å². The number of benzene rings is 2. The Morgan fingerprint density at radius 2 is 1.96 bits per heavy atom. The Balaban J connectivity index is 1.53. The number of hydrogen-bond acceptors (Lipinski definition) is 4. The number of anilines is 2. The number of nitrogens with one attached hydrogen (secondary N) is 2. The molecule has 24 heavy (non-hydrogen) atoms. The molecule has 0 radical (unpaired) electrons. The Kier molecular flexibility index (Phi) is 4.81. The number of aryl methyl sites for hydroxylation is 2. The van der Waals surface area contributed by atoms with Crippen LogP contribution in [-0.4, -0.2) is 19.2 Å². The van der Waals surface area contributed by atoms with Crippen molar-refractivity contribution in [2.24, 2.45) is 0 Å². The summed E-state index contributed by atoms with van der Waals surface area (Å²) in [5, 5.41) is 6.75. The minimum atomic E-state index is -0.0812. The molecule has 0 aromatic heterocycles. The predicted molar refractivity (Wildman–Crippen MR) is 95.2 cm³/mol. The van der Waals surface area contributed by atoms with Crippen LogP contribution in [0.15, 0.2) is 30.3 Å². The lowest BCUT2D eigenvalue weighted by Crippen LogP contribution is -2.16. The molecule has 2 aromatic rings. The summed E-state index contributed by atoms with van der Waals surface area (Å²) in [5.41, 5.74) is 3.74. The molecule has 2 aromatic carbocycles. The van der Waals surface area contributed by atoms with Gasteiger partial charge in [0.05, 0.1) is 10.7 Å². The van der Waals surface area contributed by atoms with E-state index in [0.29, 0.717) is 35.2 Å². The zero-order valence-electron chi connectivity index (χ0n) is 13.6. The number of amides is 1. The molecule has 0 fully saturated rings. The van der Waals surface area contributed by atoms with Gasteiger partial charge in [0.25, 0.3) is 0 Å². The van der Waals surface area contributed by atoms with Gasteiger partial charge in [0.1, 0.15) is 0 Å². The number of rotatable bonds is 5. The highest BCUT2D eigenvalue weighted by molar-refractivity contribution is 6.33. The Bertz CT molecular complexity index is 754. The molecule has 0 saturated heterocycles. The summed E-state index contributed by atoms with van der Waals surface area (Å²) >= 11 is 6.25. The topological polar surface area (TPSA) is 59.6 Å². The van der Waals surface area contributed by atoms with Gasteiger partial charge in [-0.15, -0.1) is 0 Å². The molecular weight excluding hydrogens is 328 g/mol. The molecule has 0 saturated carbocycles. The van der Waals surface area contributed by atoms with E-state index in [0.717, 1.165) is 16.8 Å². The van der Waals surface area contributed by atoms with Crippen LogP contribution in [0.4, 0.5) is 11.4 Å². The van der Waals surface area contributed by atoms with Gasteiger partial charge in [-0.2, -0.15) is 0 Å². The molecule has 6 heteroatoms. The van der Waals surface area contributed by atoms with Gasteiger partial charge in [0, 0.05) is 24.7 Å². The SMILES string of the molecule is Cc1cc(C)c(NCCC(=O)Nc2ccc3c(c2)OCO3)c(Cl)c1. The molecular formula is C18H19ClN2O3. The summed E-state index contributed by atoms with van der Waals surface area (Å²) in [6.07, 6.45) is 0.331. The normalized spacial score (nSPS) is 12.1. The van der Waals surface area contributed by atoms with E-state index in [9.17, 15) is 4.79 Å². The van der Waals surface area contributed by atoms with E-state index in [2.05, 4.69) is 16.7 Å². The highest BCUT2D eigenvalue weighted by Gasteiger charge is 2.14. The Morgan fingerprint density at radius 1 is 1.17 bits per heavy atom. The summed E-state index contributed by atoms with van der Waals surface area (Å²) in [5.74, 6) is 1.26. The van der Waals surface area contributed by atoms with Gasteiger partial charge >= 0.3 is 0 Å². The van der Waals surface area contributed by atoms with Crippen LogP contribution in [0.5, 0.6) is 11.5 Å². The van der Waals surface area contributed by atoms with Gasteiger partial charge in [0.2, 0.25) is 12.7 Å². The summed E-state index contributed by atoms with van der Waals surface area (Å²) in [4.78, 5) is 12.1. The number of ether oxygens (including phenoxy) is 2. The van der Waals surface area contributed by atoms with Crippen LogP contribution < -0.4 is 20.1 Å². The van der Waals surface area contributed by atoms with Crippen molar-refractivity contribution in [1.82, 2.24) is 0 Å². The van der Waals surface area contributed by atoms with E-state index in [1.165, 1.54) is 0 Å². The van der Waals surface area contributed by atoms with Gasteiger partial charge in [-0.1, -0.05) is 17.7 Å². The second-order valence-corrected chi connectivity index (χ2v) is 6.14. The number of halogens is 1. The quantitative estimate of drug-likeness (QED) is 0.854. The molecule has 0 unspecified atom stereocenters. The van der Waals surface area contributed by atoms with Crippen molar-refractivity contribution in [3.05, 3.63) is 46.5 Å². The first-order valence-electron chi connectivity index (χ1n) is 7.73. The first kappa shape index (κ1) is 16.5. The summed E-state index contributed by atoms with van der Waals surface area (Å²) in [6, 6.07) is 9.30. The van der Waals surface area contributed by atoms with Crippen LogP contribution in [0.1, 0.15) is 17.5 Å². The maximum absolute atomic E-state index is 12.1. The molecule has 0 bridgehead atoms. The number of carbonyl (C=O) groups is 1. The average Bonchev–Trinajstić information content (AvgIpc) is 2.97. The van der Waals surface area contributed by atoms with Crippen molar-refractivity contribution in [3.8, 4) is 11.5 Å². The Labute approximate surface area is 145 Å². The van der Waals surface area contributed by atoms with E-state index in [1.807, 2.05) is 19.9 Å². The van der Waals surface area contributed by atoms with Crippen LogP contribution in [0.25, 0.3) is 0 Å². The van der Waals surface area contributed by atoms with Crippen molar-refractivity contribution < 1.29 is 14.3 Å². The van der Waals surface area contributed by atoms with Crippen molar-refractivity contribution in [1.29, 1.82) is 0 Å². The molecule has 0 aliphatic carbocycles. The largest absolute Gasteiger partial charge is 0.454 e. The first-order chi connectivity index (χ1) is 11.5. The van der Waals surface area contributed by atoms with E-state index in [4.69, 9.17) is 21.1 Å². The summed E-state index contributed by atoms with van der Waals surface area (Å²) < 4.78 is 10.5. The molecule has 3 rings (SSSR count). The Morgan fingerprint density at radius 3 is 2.75 bits per heavy atom. The fraction of sp³-hybridized carbons (Fsp3) is 0.278. The molecule has 5 nitrogen and oxygen atoms in total. The molecule has 1 aliphatic heterocycles. The van der Waals surface area contributed by atoms with Gasteiger partial charge in [-0.05, 0) is 43.2 Å². The predicted octanol–water partition coefficient (Wildman–Crippen LogP) is 4.13. The smallest absolute Gasteiger partial charge is 0.231 e. The number of carbonyl (C=O) groups excluding carboxylic acids is 1. The third kappa shape index (κ3) is 3.74. The third-order valence-electron chi connectivity index (χ3n) is 3.74. The number of fused-ring (bicyclic) bond motifs is 1. The van der Waals surface area contributed by atoms with E-state index < -0.39 is 0 Å². The molecule has 2 N–H and O–H groups in total. The molecule has 0 spiro atoms. The van der Waals surface area contributed by atoms with Crippen LogP contribution >= 0.6 is 11.6 Å². The minimum Gasteiger partial charge on any atom is -0.454 e. The lowest BCUT2D eigenvalue weighted by atomic mass is 10.1. The van der Waals surface area contributed by atoms with Crippen molar-refractivity contribution in [3.63, 3.8) is 0 Å². The minimum absolute atomic E-state index is 0.0812. The fourth-order valence-electron chi connectivity index (χ4n) is 2.64. The van der Waals surface area contributed by atoms with Crippen molar-refractivity contribution >= 4 is 28.9 Å². The Hall–Kier alpha value is -2.40. The van der Waals surface area contributed by atoms with Gasteiger partial charge in [0.15, 0.2) is 11.5 Å². The van der Waals surface area contributed by atoms with Crippen molar-refractivity contribution in [2.45, 2.75) is 20.3 Å². The molecule has 0 atom stereocenters. The zero-order chi connectivity index (χ0) is 17.1. The monoisotopic (exact) mass is 346 g/mol. The maximum atomic E-state index is 12.1. The van der Waals surface area contributed by atoms with Gasteiger partial charge in [-0.3, -0.25) is 4.79 Å². The maximum Gasteiger partial charge on any atom is 0.231 e. The highest BCUT2D eigenvalue weighted by Crippen LogP contribution is 2.34. The summed E-state index contributed by atoms with van der Waals surface area (Å²) in [6.45, 7) is 4.71. The second-order valence-electron chi connectivity index (χ2n) is 5.73. The highest BCUT2D eigenvalue weighted by atomic mass is 35.5. The van der Waals surface area contributed by atoms with Crippen molar-refractivity contribution in [2.75, 3.05) is 24.0 Å². The standard InChI is InChI=1S/C18H19ClN2O3/c1-11-7-12(2)18(14(19)8-11)20-6-5-17(22)21-13-3-4-15-16(9-13)24-10-23-15/h3-4,7-9,20H,5-6,10H2,1-2H3,(H,21,22). The molecule has 1 aliphatic rings. The first-order valence-corrected chi connectivity index (χ1v) is 8.11. The van der Waals surface area contributed by atoms with Gasteiger partial charge in [-0.25, -0.2) is 0 Å². The van der Waals surface area contributed by atoms with Crippen LogP contribution in [0.2, 0.25) is 5.02 Å². The molecule has 1 amide bonds. The third-order valence-corrected chi connectivity index (χ3v) is 4.04.